The number of halogens is 6. The Labute approximate surface area is 63.9 Å². The van der Waals surface area contributed by atoms with E-state index >= 15 is 0 Å². The molecule has 0 spiro atoms. The molecule has 0 nitrogen and oxygen atoms in total. The maximum absolute atomic E-state index is 5.15. The average Bonchev–Trinajstić information content (AvgIpc) is 0.592. The van der Waals surface area contributed by atoms with Gasteiger partial charge in [-0.05, 0) is 0 Å². The Morgan fingerprint density at radius 2 is 0.571 bits per heavy atom. The topological polar surface area (TPSA) is 0 Å². The second-order valence-electron chi connectivity index (χ2n) is 0.714. The third kappa shape index (κ3) is 60.6. The standard InChI is InChI=1S/6ClH.Rh/h6*1H;/q;;;;;;+3/p-6. The first-order valence-electron chi connectivity index (χ1n) is 0.756. The summed E-state index contributed by atoms with van der Waals surface area (Å²) in [6, 6.07) is 0. The van der Waals surface area contributed by atoms with Crippen molar-refractivity contribution in [2.45, 2.75) is 0 Å². The van der Waals surface area contributed by atoms with Gasteiger partial charge in [-0.25, -0.2) is 0 Å². The molecular formula is Cl6Rh-3. The van der Waals surface area contributed by atoms with Crippen molar-refractivity contribution >= 4 is 58.1 Å². The van der Waals surface area contributed by atoms with Crippen LogP contribution < -0.4 is 0 Å². The minimum absolute atomic E-state index is 5.04. The second-order valence-corrected chi connectivity index (χ2v) is 38.0. The van der Waals surface area contributed by atoms with Crippen molar-refractivity contribution in [3.8, 4) is 0 Å². The molecule has 0 saturated carbocycles. The van der Waals surface area contributed by atoms with Crippen molar-refractivity contribution in [1.82, 2.24) is 0 Å². The molecule has 0 aromatic carbocycles. The minimum atomic E-state index is -5.15. The SMILES string of the molecule is [Cl][Rh-3]([Cl])([Cl])([Cl])([Cl])[Cl]. The molecule has 0 aromatic rings. The first kappa shape index (κ1) is 9.36. The van der Waals surface area contributed by atoms with Gasteiger partial charge in [0.05, 0.1) is 0 Å². The molecule has 0 heterocycles. The first-order chi connectivity index (χ1) is 2.45. The van der Waals surface area contributed by atoms with Gasteiger partial charge in [-0.1, -0.05) is 0 Å². The summed E-state index contributed by atoms with van der Waals surface area (Å²) in [6.45, 7) is -5.15. The zero-order valence-corrected chi connectivity index (χ0v) is 8.78. The van der Waals surface area contributed by atoms with Crippen molar-refractivity contribution in [1.29, 1.82) is 0 Å². The van der Waals surface area contributed by atoms with Crippen LogP contribution in [-0.4, -0.2) is 0 Å². The van der Waals surface area contributed by atoms with Gasteiger partial charge in [0.1, 0.15) is 0 Å². The molecule has 0 aliphatic carbocycles. The van der Waals surface area contributed by atoms with E-state index in [1.165, 1.54) is 0 Å². The Balaban J connectivity index is 4.43. The van der Waals surface area contributed by atoms with E-state index in [2.05, 4.69) is 0 Å². The van der Waals surface area contributed by atoms with E-state index in [0.29, 0.717) is 0 Å². The Hall–Kier alpha value is 2.36. The van der Waals surface area contributed by atoms with E-state index in [4.69, 9.17) is 58.1 Å². The number of hydrogen-bond acceptors (Lipinski definition) is 0. The fraction of sp³-hybridized carbons (Fsp3) is 0. The van der Waals surface area contributed by atoms with E-state index in [-0.39, 0.29) is 0 Å². The Kier molecular flexibility index (Phi) is 2.01. The Morgan fingerprint density at radius 1 is 0.571 bits per heavy atom. The summed E-state index contributed by atoms with van der Waals surface area (Å²) < 4.78 is 0. The third-order valence-electron chi connectivity index (χ3n) is 0. The van der Waals surface area contributed by atoms with Crippen LogP contribution in [0, 0.1) is 0 Å². The predicted octanol–water partition coefficient (Wildman–Crippen LogP) is 4.13. The molecule has 0 unspecified atom stereocenters. The fourth-order valence-corrected chi connectivity index (χ4v) is 0. The van der Waals surface area contributed by atoms with Gasteiger partial charge in [0.25, 0.3) is 0 Å². The van der Waals surface area contributed by atoms with Crippen molar-refractivity contribution in [2.75, 3.05) is 0 Å². The number of hydrogen-bond donors (Lipinski definition) is 0. The van der Waals surface area contributed by atoms with Crippen LogP contribution >= 0.6 is 58.1 Å². The van der Waals surface area contributed by atoms with Crippen LogP contribution in [0.15, 0.2) is 0 Å². The zero-order valence-electron chi connectivity index (χ0n) is 2.60. The fourth-order valence-electron chi connectivity index (χ4n) is 0. The van der Waals surface area contributed by atoms with E-state index in [1.807, 2.05) is 0 Å². The van der Waals surface area contributed by atoms with Crippen LogP contribution in [0.3, 0.4) is 0 Å². The van der Waals surface area contributed by atoms with Crippen LogP contribution in [0.1, 0.15) is 0 Å². The van der Waals surface area contributed by atoms with Gasteiger partial charge < -0.3 is 0 Å². The summed E-state index contributed by atoms with van der Waals surface area (Å²) in [7, 11) is 30.2. The molecular weight excluding hydrogens is 316 g/mol. The Morgan fingerprint density at radius 3 is 0.571 bits per heavy atom. The second kappa shape index (κ2) is 1.50. The third-order valence-corrected chi connectivity index (χ3v) is 0. The average molecular weight is 316 g/mol. The predicted molar refractivity (Wildman–Crippen MR) is 35.1 cm³/mol. The normalized spacial score (nSPS) is 23.1. The van der Waals surface area contributed by atoms with Crippen LogP contribution in [-0.2, 0) is 6.48 Å². The van der Waals surface area contributed by atoms with Gasteiger partial charge in [0, 0.05) is 0 Å². The van der Waals surface area contributed by atoms with Crippen LogP contribution in [0.4, 0.5) is 0 Å². The van der Waals surface area contributed by atoms with Crippen LogP contribution in [0.5, 0.6) is 0 Å². The quantitative estimate of drug-likeness (QED) is 0.590. The molecule has 0 aromatic heterocycles. The van der Waals surface area contributed by atoms with Crippen LogP contribution in [0.2, 0.25) is 0 Å². The molecule has 0 aliphatic heterocycles. The van der Waals surface area contributed by atoms with Gasteiger partial charge in [0.2, 0.25) is 0 Å². The van der Waals surface area contributed by atoms with Crippen molar-refractivity contribution in [3.63, 3.8) is 0 Å². The van der Waals surface area contributed by atoms with E-state index in [1.54, 1.807) is 0 Å². The van der Waals surface area contributed by atoms with E-state index < -0.39 is 6.48 Å². The summed E-state index contributed by atoms with van der Waals surface area (Å²) in [5, 5.41) is 0. The monoisotopic (exact) mass is 313 g/mol. The molecule has 0 atom stereocenters. The van der Waals surface area contributed by atoms with Gasteiger partial charge in [-0.2, -0.15) is 0 Å². The van der Waals surface area contributed by atoms with E-state index in [0.717, 1.165) is 0 Å². The molecule has 7 heavy (non-hydrogen) atoms. The summed E-state index contributed by atoms with van der Waals surface area (Å²) in [4.78, 5) is 0. The summed E-state index contributed by atoms with van der Waals surface area (Å²) >= 11 is 0. The molecule has 0 N–H and O–H groups in total. The van der Waals surface area contributed by atoms with Crippen molar-refractivity contribution in [3.05, 3.63) is 0 Å². The van der Waals surface area contributed by atoms with Gasteiger partial charge >= 0.3 is 64.6 Å². The van der Waals surface area contributed by atoms with Gasteiger partial charge in [-0.3, -0.25) is 0 Å². The molecule has 0 rings (SSSR count). The number of rotatable bonds is 0. The maximum atomic E-state index is 5.04. The molecule has 0 radical (unpaired) electrons. The molecule has 0 fully saturated rings. The zero-order chi connectivity index (χ0) is 6.41. The van der Waals surface area contributed by atoms with Crippen molar-refractivity contribution < 1.29 is 6.48 Å². The van der Waals surface area contributed by atoms with Gasteiger partial charge in [-0.15, -0.1) is 0 Å². The van der Waals surface area contributed by atoms with Crippen LogP contribution in [0.25, 0.3) is 0 Å². The molecule has 0 saturated heterocycles. The van der Waals surface area contributed by atoms with E-state index in [9.17, 15) is 0 Å². The molecule has 0 aliphatic rings. The Bertz CT molecular complexity index is 62.7. The summed E-state index contributed by atoms with van der Waals surface area (Å²) in [5.41, 5.74) is 0. The molecule has 0 amide bonds. The van der Waals surface area contributed by atoms with Gasteiger partial charge in [0.15, 0.2) is 0 Å². The summed E-state index contributed by atoms with van der Waals surface area (Å²) in [5.74, 6) is 0. The molecule has 0 bridgehead atoms. The molecule has 7 heteroatoms. The molecule has 54 valence electrons. The first-order valence-corrected chi connectivity index (χ1v) is 13.4. The summed E-state index contributed by atoms with van der Waals surface area (Å²) in [6.07, 6.45) is 0. The van der Waals surface area contributed by atoms with Crippen molar-refractivity contribution in [2.24, 2.45) is 0 Å².